The van der Waals surface area contributed by atoms with Crippen LogP contribution in [0.1, 0.15) is 0 Å². The summed E-state index contributed by atoms with van der Waals surface area (Å²) in [4.78, 5) is 19.9. The van der Waals surface area contributed by atoms with Crippen molar-refractivity contribution in [1.82, 2.24) is 9.87 Å². The number of nitrogens with zero attached hydrogens (tertiary/aromatic N) is 1. The molecule has 0 aliphatic carbocycles. The zero-order chi connectivity index (χ0) is 11.5. The number of aromatic nitrogens is 1. The molecule has 1 aromatic heterocycles. The number of primary amides is 1. The second-order valence-corrected chi connectivity index (χ2v) is 5.76. The summed E-state index contributed by atoms with van der Waals surface area (Å²) in [6.45, 7) is -0.550. The molecular formula is C5H6ClN3O4S2. The third kappa shape index (κ3) is 3.72. The average Bonchev–Trinajstić information content (AvgIpc) is 2.51. The Kier molecular flexibility index (Phi) is 3.99. The van der Waals surface area contributed by atoms with Crippen molar-refractivity contribution in [2.24, 2.45) is 5.73 Å². The van der Waals surface area contributed by atoms with Crippen molar-refractivity contribution < 1.29 is 18.0 Å². The number of nitrogens with two attached hydrogens (primary N) is 1. The Morgan fingerprint density at radius 3 is 2.87 bits per heavy atom. The van der Waals surface area contributed by atoms with Gasteiger partial charge in [0, 0.05) is 0 Å². The normalized spacial score (nSPS) is 11.5. The highest BCUT2D eigenvalue weighted by molar-refractivity contribution is 7.91. The van der Waals surface area contributed by atoms with Gasteiger partial charge < -0.3 is 5.73 Å². The zero-order valence-electron chi connectivity index (χ0n) is 7.14. The lowest BCUT2D eigenvalue weighted by Crippen LogP contribution is -2.29. The molecule has 0 spiro atoms. The maximum atomic E-state index is 11.4. The van der Waals surface area contributed by atoms with Crippen LogP contribution >= 0.6 is 22.9 Å². The second kappa shape index (κ2) is 4.86. The van der Waals surface area contributed by atoms with Crippen molar-refractivity contribution in [2.45, 2.75) is 4.21 Å². The van der Waals surface area contributed by atoms with E-state index in [-0.39, 0.29) is 8.68 Å². The zero-order valence-corrected chi connectivity index (χ0v) is 9.53. The molecular weight excluding hydrogens is 266 g/mol. The van der Waals surface area contributed by atoms with Crippen molar-refractivity contribution in [3.05, 3.63) is 10.7 Å². The van der Waals surface area contributed by atoms with Gasteiger partial charge in [0.2, 0.25) is 5.91 Å². The Morgan fingerprint density at radius 1 is 1.73 bits per heavy atom. The van der Waals surface area contributed by atoms with Gasteiger partial charge in [0.15, 0.2) is 8.68 Å². The summed E-state index contributed by atoms with van der Waals surface area (Å²) < 4.78 is 22.7. The van der Waals surface area contributed by atoms with Crippen LogP contribution in [-0.4, -0.2) is 25.9 Å². The van der Waals surface area contributed by atoms with E-state index in [9.17, 15) is 13.2 Å². The largest absolute Gasteiger partial charge is 0.368 e. The smallest absolute Gasteiger partial charge is 0.273 e. The molecule has 0 saturated heterocycles. The number of sulfonamides is 1. The van der Waals surface area contributed by atoms with Crippen LogP contribution in [0.15, 0.2) is 10.4 Å². The van der Waals surface area contributed by atoms with Crippen LogP contribution in [0.25, 0.3) is 0 Å². The lowest BCUT2D eigenvalue weighted by molar-refractivity contribution is -0.123. The van der Waals surface area contributed by atoms with Crippen molar-refractivity contribution in [2.75, 3.05) is 6.61 Å². The van der Waals surface area contributed by atoms with Gasteiger partial charge in [-0.25, -0.2) is 13.4 Å². The number of carbonyl (C=O) groups is 1. The standard InChI is InChI=1S/C5H6ClN3O4S2/c6-5-8-1-4(14-5)15(11,12)9-13-2-3(7)10/h1,9H,2H2,(H2,7,10). The van der Waals surface area contributed by atoms with Crippen LogP contribution in [0.2, 0.25) is 4.47 Å². The van der Waals surface area contributed by atoms with Crippen LogP contribution in [0.5, 0.6) is 0 Å². The molecule has 0 aromatic carbocycles. The van der Waals surface area contributed by atoms with E-state index in [0.717, 1.165) is 17.5 Å². The maximum absolute atomic E-state index is 11.4. The first-order chi connectivity index (χ1) is 6.92. The Balaban J connectivity index is 2.64. The first-order valence-electron chi connectivity index (χ1n) is 3.45. The molecule has 0 radical (unpaired) electrons. The minimum absolute atomic E-state index is 0.0882. The van der Waals surface area contributed by atoms with Gasteiger partial charge in [-0.2, -0.15) is 0 Å². The summed E-state index contributed by atoms with van der Waals surface area (Å²) in [5.41, 5.74) is 4.73. The van der Waals surface area contributed by atoms with Gasteiger partial charge in [-0.05, 0) is 0 Å². The number of hydrogen-bond donors (Lipinski definition) is 2. The summed E-state index contributed by atoms with van der Waals surface area (Å²) in [5.74, 6) is -0.792. The van der Waals surface area contributed by atoms with Crippen molar-refractivity contribution in [1.29, 1.82) is 0 Å². The van der Waals surface area contributed by atoms with Gasteiger partial charge in [0.1, 0.15) is 6.61 Å². The third-order valence-corrected chi connectivity index (χ3v) is 3.89. The Morgan fingerprint density at radius 2 is 2.40 bits per heavy atom. The van der Waals surface area contributed by atoms with Crippen molar-refractivity contribution in [3.8, 4) is 0 Å². The lowest BCUT2D eigenvalue weighted by Gasteiger charge is -2.02. The number of halogens is 1. The summed E-state index contributed by atoms with van der Waals surface area (Å²) in [5, 5.41) is 0. The maximum Gasteiger partial charge on any atom is 0.273 e. The average molecular weight is 272 g/mol. The van der Waals surface area contributed by atoms with Gasteiger partial charge in [0.05, 0.1) is 6.20 Å². The predicted molar refractivity (Wildman–Crippen MR) is 52.6 cm³/mol. The van der Waals surface area contributed by atoms with Crippen LogP contribution in [0.4, 0.5) is 0 Å². The highest BCUT2D eigenvalue weighted by Crippen LogP contribution is 2.21. The van der Waals surface area contributed by atoms with Crippen molar-refractivity contribution >= 4 is 38.9 Å². The van der Waals surface area contributed by atoms with Crippen molar-refractivity contribution in [3.63, 3.8) is 0 Å². The van der Waals surface area contributed by atoms with Crippen LogP contribution < -0.4 is 10.6 Å². The number of amides is 1. The van der Waals surface area contributed by atoms with E-state index >= 15 is 0 Å². The van der Waals surface area contributed by atoms with Crippen LogP contribution in [0, 0.1) is 0 Å². The molecule has 84 valence electrons. The molecule has 3 N–H and O–H groups in total. The first kappa shape index (κ1) is 12.3. The molecule has 1 aromatic rings. The Bertz CT molecular complexity index is 457. The molecule has 7 nitrogen and oxygen atoms in total. The summed E-state index contributed by atoms with van der Waals surface area (Å²) in [6.07, 6.45) is 1.07. The highest BCUT2D eigenvalue weighted by atomic mass is 35.5. The summed E-state index contributed by atoms with van der Waals surface area (Å²) >= 11 is 6.21. The molecule has 0 aliphatic rings. The molecule has 0 atom stereocenters. The number of nitrogens with one attached hydrogen (secondary N) is 1. The fourth-order valence-corrected chi connectivity index (χ4v) is 2.66. The van der Waals surface area contributed by atoms with E-state index in [1.807, 2.05) is 0 Å². The fraction of sp³-hybridized carbons (Fsp3) is 0.200. The quantitative estimate of drug-likeness (QED) is 0.701. The molecule has 10 heteroatoms. The van der Waals surface area contributed by atoms with Gasteiger partial charge in [0.25, 0.3) is 10.0 Å². The molecule has 0 saturated carbocycles. The molecule has 0 aliphatic heterocycles. The van der Waals surface area contributed by atoms with E-state index in [0.29, 0.717) is 0 Å². The number of rotatable bonds is 5. The summed E-state index contributed by atoms with van der Waals surface area (Å²) in [7, 11) is -3.84. The number of thiazole rings is 1. The minimum atomic E-state index is -3.84. The van der Waals surface area contributed by atoms with E-state index in [1.54, 1.807) is 4.89 Å². The molecule has 0 fully saturated rings. The molecule has 0 bridgehead atoms. The van der Waals surface area contributed by atoms with Crippen LogP contribution in [0.3, 0.4) is 0 Å². The predicted octanol–water partition coefficient (Wildman–Crippen LogP) is -0.508. The Labute approximate surface area is 94.2 Å². The van der Waals surface area contributed by atoms with Crippen LogP contribution in [-0.2, 0) is 19.7 Å². The number of carbonyl (C=O) groups excluding carboxylic acids is 1. The van der Waals surface area contributed by atoms with E-state index < -0.39 is 22.5 Å². The van der Waals surface area contributed by atoms with Gasteiger partial charge >= 0.3 is 0 Å². The lowest BCUT2D eigenvalue weighted by atomic mass is 10.7. The van der Waals surface area contributed by atoms with E-state index in [1.165, 1.54) is 0 Å². The molecule has 1 heterocycles. The molecule has 1 rings (SSSR count). The second-order valence-electron chi connectivity index (χ2n) is 2.27. The summed E-state index contributed by atoms with van der Waals surface area (Å²) in [6, 6.07) is 0. The van der Waals surface area contributed by atoms with E-state index in [2.05, 4.69) is 9.82 Å². The fourth-order valence-electron chi connectivity index (χ4n) is 0.583. The highest BCUT2D eigenvalue weighted by Gasteiger charge is 2.17. The van der Waals surface area contributed by atoms with Gasteiger partial charge in [-0.15, -0.1) is 0 Å². The third-order valence-electron chi connectivity index (χ3n) is 1.10. The van der Waals surface area contributed by atoms with Gasteiger partial charge in [-0.3, -0.25) is 9.63 Å². The SMILES string of the molecule is NC(=O)CONS(=O)(=O)c1cnc(Cl)s1. The monoisotopic (exact) mass is 271 g/mol. The van der Waals surface area contributed by atoms with E-state index in [4.69, 9.17) is 17.3 Å². The van der Waals surface area contributed by atoms with Gasteiger partial charge in [-0.1, -0.05) is 27.8 Å². The number of hydrogen-bond acceptors (Lipinski definition) is 6. The molecule has 1 amide bonds. The topological polar surface area (TPSA) is 111 Å². The Hall–Kier alpha value is -0.740. The molecule has 15 heavy (non-hydrogen) atoms. The first-order valence-corrected chi connectivity index (χ1v) is 6.13. The molecule has 0 unspecified atom stereocenters. The minimum Gasteiger partial charge on any atom is -0.368 e.